The number of thioether (sulfide) groups is 1. The van der Waals surface area contributed by atoms with Gasteiger partial charge in [0.05, 0.1) is 18.8 Å². The number of fused-ring (bicyclic) bond motifs is 1. The summed E-state index contributed by atoms with van der Waals surface area (Å²) in [6, 6.07) is 5.19. The van der Waals surface area contributed by atoms with Gasteiger partial charge in [0.2, 0.25) is 11.1 Å². The van der Waals surface area contributed by atoms with Crippen LogP contribution in [0.2, 0.25) is 0 Å². The van der Waals surface area contributed by atoms with E-state index < -0.39 is 6.04 Å². The number of carbonyl (C=O) groups is 1. The number of rotatable bonds is 7. The van der Waals surface area contributed by atoms with Crippen LogP contribution in [-0.2, 0) is 9.53 Å². The predicted molar refractivity (Wildman–Crippen MR) is 117 cm³/mol. The van der Waals surface area contributed by atoms with Gasteiger partial charge in [0.1, 0.15) is 11.8 Å². The van der Waals surface area contributed by atoms with E-state index in [0.29, 0.717) is 28.1 Å². The lowest BCUT2D eigenvalue weighted by molar-refractivity contribution is -0.143. The van der Waals surface area contributed by atoms with Gasteiger partial charge in [0, 0.05) is 21.5 Å². The molecule has 1 unspecified atom stereocenters. The lowest BCUT2D eigenvalue weighted by Crippen LogP contribution is -2.30. The SMILES string of the molecule is CCCSc1nc2n(n1)C(c1cc(Br)ccc1OC)C(C(=O)OC(C)C)=C(C)N2. The Morgan fingerprint density at radius 1 is 1.41 bits per heavy atom. The normalized spacial score (nSPS) is 15.9. The van der Waals surface area contributed by atoms with Gasteiger partial charge < -0.3 is 14.8 Å². The summed E-state index contributed by atoms with van der Waals surface area (Å²) >= 11 is 5.12. The molecule has 1 aliphatic rings. The minimum atomic E-state index is -0.520. The summed E-state index contributed by atoms with van der Waals surface area (Å²) in [5.41, 5.74) is 1.98. The number of anilines is 1. The molecule has 0 radical (unpaired) electrons. The van der Waals surface area contributed by atoms with Crippen molar-refractivity contribution in [2.75, 3.05) is 18.2 Å². The minimum absolute atomic E-state index is 0.235. The Kier molecular flexibility index (Phi) is 6.89. The first-order valence-electron chi connectivity index (χ1n) is 9.47. The van der Waals surface area contributed by atoms with Crippen molar-refractivity contribution >= 4 is 39.6 Å². The number of hydrogen-bond donors (Lipinski definition) is 1. The van der Waals surface area contributed by atoms with Gasteiger partial charge in [-0.2, -0.15) is 4.98 Å². The van der Waals surface area contributed by atoms with Gasteiger partial charge in [-0.1, -0.05) is 34.6 Å². The van der Waals surface area contributed by atoms with Crippen LogP contribution in [0.5, 0.6) is 5.75 Å². The van der Waals surface area contributed by atoms with Crippen molar-refractivity contribution in [2.45, 2.75) is 51.4 Å². The third-order valence-electron chi connectivity index (χ3n) is 4.32. The molecule has 3 rings (SSSR count). The largest absolute Gasteiger partial charge is 0.496 e. The topological polar surface area (TPSA) is 78.3 Å². The predicted octanol–water partition coefficient (Wildman–Crippen LogP) is 4.79. The number of benzene rings is 1. The second-order valence-electron chi connectivity index (χ2n) is 6.92. The zero-order chi connectivity index (χ0) is 21.1. The Balaban J connectivity index is 2.17. The van der Waals surface area contributed by atoms with Crippen LogP contribution in [0.4, 0.5) is 5.95 Å². The van der Waals surface area contributed by atoms with Crippen LogP contribution in [0, 0.1) is 0 Å². The average molecular weight is 481 g/mol. The van der Waals surface area contributed by atoms with E-state index >= 15 is 0 Å². The Bertz CT molecular complexity index is 942. The van der Waals surface area contributed by atoms with Crippen molar-refractivity contribution in [3.8, 4) is 5.75 Å². The first kappa shape index (κ1) is 21.7. The summed E-state index contributed by atoms with van der Waals surface area (Å²) in [6.45, 7) is 7.63. The summed E-state index contributed by atoms with van der Waals surface area (Å²) in [5, 5.41) is 8.57. The molecule has 1 N–H and O–H groups in total. The molecule has 156 valence electrons. The number of carbonyl (C=O) groups excluding carboxylic acids is 1. The number of halogens is 1. The lowest BCUT2D eigenvalue weighted by Gasteiger charge is -2.29. The van der Waals surface area contributed by atoms with Crippen molar-refractivity contribution in [1.29, 1.82) is 0 Å². The van der Waals surface area contributed by atoms with Gasteiger partial charge in [-0.15, -0.1) is 5.10 Å². The number of allylic oxidation sites excluding steroid dienone is 1. The van der Waals surface area contributed by atoms with E-state index in [2.05, 4.69) is 33.2 Å². The van der Waals surface area contributed by atoms with Crippen LogP contribution >= 0.6 is 27.7 Å². The third-order valence-corrected chi connectivity index (χ3v) is 5.85. The van der Waals surface area contributed by atoms with Crippen molar-refractivity contribution in [1.82, 2.24) is 14.8 Å². The molecule has 1 aliphatic heterocycles. The van der Waals surface area contributed by atoms with Crippen molar-refractivity contribution in [2.24, 2.45) is 0 Å². The van der Waals surface area contributed by atoms with Crippen molar-refractivity contribution in [3.05, 3.63) is 39.5 Å². The molecule has 9 heteroatoms. The van der Waals surface area contributed by atoms with Gasteiger partial charge in [0.25, 0.3) is 0 Å². The summed E-state index contributed by atoms with van der Waals surface area (Å²) in [5.74, 6) is 1.78. The van der Waals surface area contributed by atoms with E-state index in [0.717, 1.165) is 22.2 Å². The van der Waals surface area contributed by atoms with E-state index in [1.165, 1.54) is 0 Å². The summed E-state index contributed by atoms with van der Waals surface area (Å²) in [7, 11) is 1.61. The molecule has 0 amide bonds. The molecule has 2 aromatic rings. The number of aromatic nitrogens is 3. The number of ether oxygens (including phenoxy) is 2. The first-order valence-corrected chi connectivity index (χ1v) is 11.2. The van der Waals surface area contributed by atoms with Crippen LogP contribution in [0.1, 0.15) is 45.7 Å². The van der Waals surface area contributed by atoms with Crippen LogP contribution in [0.15, 0.2) is 39.1 Å². The molecular formula is C20H25BrN4O3S. The van der Waals surface area contributed by atoms with Crippen LogP contribution < -0.4 is 10.1 Å². The van der Waals surface area contributed by atoms with Gasteiger partial charge >= 0.3 is 5.97 Å². The Labute approximate surface area is 183 Å². The fraction of sp³-hybridized carbons (Fsp3) is 0.450. The highest BCUT2D eigenvalue weighted by molar-refractivity contribution is 9.10. The monoisotopic (exact) mass is 480 g/mol. The Morgan fingerprint density at radius 3 is 2.83 bits per heavy atom. The Hall–Kier alpha value is -2.00. The molecule has 0 saturated heterocycles. The quantitative estimate of drug-likeness (QED) is 0.450. The van der Waals surface area contributed by atoms with Crippen LogP contribution in [0.3, 0.4) is 0 Å². The molecule has 0 fully saturated rings. The highest BCUT2D eigenvalue weighted by atomic mass is 79.9. The number of hydrogen-bond acceptors (Lipinski definition) is 7. The fourth-order valence-electron chi connectivity index (χ4n) is 3.13. The molecule has 7 nitrogen and oxygen atoms in total. The minimum Gasteiger partial charge on any atom is -0.496 e. The maximum absolute atomic E-state index is 13.0. The number of nitrogens with zero attached hydrogens (tertiary/aromatic N) is 3. The number of esters is 1. The van der Waals surface area contributed by atoms with Crippen LogP contribution in [0.25, 0.3) is 0 Å². The summed E-state index contributed by atoms with van der Waals surface area (Å²) < 4.78 is 13.8. The standard InChI is InChI=1S/C20H25BrN4O3S/c1-6-9-29-20-23-19-22-12(4)16(18(26)28-11(2)3)17(25(19)24-20)14-10-13(21)7-8-15(14)27-5/h7-8,10-11,17H,6,9H2,1-5H3,(H,22,23,24). The van der Waals surface area contributed by atoms with E-state index in [1.54, 1.807) is 23.6 Å². The third kappa shape index (κ3) is 4.61. The fourth-order valence-corrected chi connectivity index (χ4v) is 4.20. The number of nitrogens with one attached hydrogen (secondary N) is 1. The van der Waals surface area contributed by atoms with Gasteiger partial charge in [-0.3, -0.25) is 0 Å². The summed E-state index contributed by atoms with van der Waals surface area (Å²) in [4.78, 5) is 17.6. The molecule has 29 heavy (non-hydrogen) atoms. The lowest BCUT2D eigenvalue weighted by atomic mass is 9.95. The molecule has 1 aromatic heterocycles. The molecular weight excluding hydrogens is 456 g/mol. The zero-order valence-corrected chi connectivity index (χ0v) is 19.6. The maximum atomic E-state index is 13.0. The van der Waals surface area contributed by atoms with E-state index in [1.807, 2.05) is 39.0 Å². The molecule has 2 heterocycles. The highest BCUT2D eigenvalue weighted by Gasteiger charge is 2.37. The van der Waals surface area contributed by atoms with E-state index in [9.17, 15) is 4.79 Å². The van der Waals surface area contributed by atoms with Gasteiger partial charge in [-0.25, -0.2) is 9.48 Å². The van der Waals surface area contributed by atoms with Gasteiger partial charge in [-0.05, 0) is 45.4 Å². The molecule has 1 atom stereocenters. The van der Waals surface area contributed by atoms with Crippen LogP contribution in [-0.4, -0.2) is 39.7 Å². The van der Waals surface area contributed by atoms with E-state index in [4.69, 9.17) is 14.6 Å². The maximum Gasteiger partial charge on any atom is 0.338 e. The second-order valence-corrected chi connectivity index (χ2v) is 8.90. The average Bonchev–Trinajstić information content (AvgIpc) is 3.06. The summed E-state index contributed by atoms with van der Waals surface area (Å²) in [6.07, 6.45) is 0.786. The number of methoxy groups -OCH3 is 1. The highest BCUT2D eigenvalue weighted by Crippen LogP contribution is 2.41. The smallest absolute Gasteiger partial charge is 0.338 e. The second kappa shape index (κ2) is 9.21. The molecule has 0 bridgehead atoms. The van der Waals surface area contributed by atoms with E-state index in [-0.39, 0.29) is 12.1 Å². The molecule has 0 aliphatic carbocycles. The first-order chi connectivity index (χ1) is 13.8. The molecule has 0 saturated carbocycles. The Morgan fingerprint density at radius 2 is 2.17 bits per heavy atom. The molecule has 1 aromatic carbocycles. The zero-order valence-electron chi connectivity index (χ0n) is 17.2. The van der Waals surface area contributed by atoms with Gasteiger partial charge in [0.15, 0.2) is 0 Å². The van der Waals surface area contributed by atoms with Crippen molar-refractivity contribution in [3.63, 3.8) is 0 Å². The molecule has 0 spiro atoms. The van der Waals surface area contributed by atoms with Crippen molar-refractivity contribution < 1.29 is 14.3 Å².